The maximum absolute atomic E-state index is 14.3. The van der Waals surface area contributed by atoms with Gasteiger partial charge in [-0.25, -0.2) is 4.98 Å². The second-order valence-electron chi connectivity index (χ2n) is 10.2. The van der Waals surface area contributed by atoms with Gasteiger partial charge in [0.15, 0.2) is 0 Å². The molecule has 0 radical (unpaired) electrons. The maximum atomic E-state index is 14.3. The van der Waals surface area contributed by atoms with Crippen LogP contribution in [0.25, 0.3) is 0 Å². The number of hydrogen-bond donors (Lipinski definition) is 2. The lowest BCUT2D eigenvalue weighted by molar-refractivity contribution is -0.138. The maximum Gasteiger partial charge on any atom is 0.320 e. The molecule has 3 aromatic carbocycles. The Hall–Kier alpha value is -4.27. The van der Waals surface area contributed by atoms with E-state index in [2.05, 4.69) is 11.1 Å². The van der Waals surface area contributed by atoms with Gasteiger partial charge in [0, 0.05) is 36.8 Å². The molecule has 1 aromatic heterocycles. The van der Waals surface area contributed by atoms with E-state index in [4.69, 9.17) is 15.2 Å². The largest absolute Gasteiger partial charge is 0.489 e. The molecule has 0 fully saturated rings. The van der Waals surface area contributed by atoms with Gasteiger partial charge in [-0.05, 0) is 37.5 Å². The third-order valence-electron chi connectivity index (χ3n) is 6.70. The van der Waals surface area contributed by atoms with Gasteiger partial charge < -0.3 is 20.3 Å². The zero-order valence-electron chi connectivity index (χ0n) is 23.4. The Morgan fingerprint density at radius 2 is 1.49 bits per heavy atom. The molecule has 0 aliphatic rings. The zero-order chi connectivity index (χ0) is 29.2. The summed E-state index contributed by atoms with van der Waals surface area (Å²) < 4.78 is 26.6. The number of rotatable bonds is 14. The van der Waals surface area contributed by atoms with Crippen LogP contribution >= 0.6 is 0 Å². The number of halogens is 1. The van der Waals surface area contributed by atoms with Gasteiger partial charge in [-0.3, -0.25) is 9.69 Å². The van der Waals surface area contributed by atoms with E-state index in [9.17, 15) is 14.3 Å². The van der Waals surface area contributed by atoms with Crippen LogP contribution in [0.1, 0.15) is 39.8 Å². The van der Waals surface area contributed by atoms with Gasteiger partial charge in [0.05, 0.1) is 6.20 Å². The number of para-hydroxylation sites is 1. The number of nitrogens with zero attached hydrogens (tertiary/aromatic N) is 2. The lowest BCUT2D eigenvalue weighted by Crippen LogP contribution is -2.35. The molecule has 3 N–H and O–H groups in total. The smallest absolute Gasteiger partial charge is 0.320 e. The molecule has 8 heteroatoms. The average Bonchev–Trinajstić information content (AvgIpc) is 2.95. The number of benzene rings is 3. The molecule has 1 atom stereocenters. The molecule has 41 heavy (non-hydrogen) atoms. The Morgan fingerprint density at radius 1 is 0.878 bits per heavy atom. The average molecular weight is 558 g/mol. The van der Waals surface area contributed by atoms with Crippen molar-refractivity contribution in [2.24, 2.45) is 5.73 Å². The predicted octanol–water partition coefficient (Wildman–Crippen LogP) is 5.80. The number of aromatic nitrogens is 1. The van der Waals surface area contributed by atoms with Crippen molar-refractivity contribution < 1.29 is 23.8 Å². The first kappa shape index (κ1) is 29.7. The fourth-order valence-corrected chi connectivity index (χ4v) is 4.55. The highest BCUT2D eigenvalue weighted by Gasteiger charge is 2.18. The molecule has 0 bridgehead atoms. The molecule has 7 nitrogen and oxygen atoms in total. The molecule has 1 heterocycles. The van der Waals surface area contributed by atoms with Crippen molar-refractivity contribution in [2.75, 3.05) is 6.54 Å². The van der Waals surface area contributed by atoms with E-state index in [1.807, 2.05) is 85.5 Å². The fourth-order valence-electron chi connectivity index (χ4n) is 4.55. The van der Waals surface area contributed by atoms with Crippen molar-refractivity contribution in [3.8, 4) is 11.5 Å². The Balaban J connectivity index is 1.54. The number of aliphatic carboxylic acids is 1. The highest BCUT2D eigenvalue weighted by molar-refractivity contribution is 5.73. The van der Waals surface area contributed by atoms with Gasteiger partial charge in [-0.2, -0.15) is 4.39 Å². The van der Waals surface area contributed by atoms with E-state index < -0.39 is 18.0 Å². The minimum absolute atomic E-state index is 0.217. The van der Waals surface area contributed by atoms with Crippen molar-refractivity contribution in [3.05, 3.63) is 124 Å². The summed E-state index contributed by atoms with van der Waals surface area (Å²) in [6.45, 7) is 5.85. The van der Waals surface area contributed by atoms with E-state index in [1.165, 1.54) is 12.3 Å². The molecule has 0 aliphatic heterocycles. The molecule has 0 aliphatic carbocycles. The number of nitrogens with two attached hydrogens (primary N) is 1. The van der Waals surface area contributed by atoms with Gasteiger partial charge in [-0.15, -0.1) is 0 Å². The number of pyridine rings is 1. The number of carboxylic acid groups (broad SMARTS) is 1. The van der Waals surface area contributed by atoms with E-state index >= 15 is 0 Å². The highest BCUT2D eigenvalue weighted by atomic mass is 19.1. The Labute approximate surface area is 240 Å². The van der Waals surface area contributed by atoms with Crippen LogP contribution < -0.4 is 15.2 Å². The van der Waals surface area contributed by atoms with Crippen molar-refractivity contribution in [2.45, 2.75) is 52.6 Å². The standard InChI is InChI=1S/C33H36FN3O4/c1-23-7-5-9-25(15-23)21-40-30-12-4-3-11-27(30)19-37(14-13-29(35)33(38)39)20-28-17-32(34)36-18-31(28)41-22-26-10-6-8-24(2)16-26/h3-12,15-18,29H,13-14,19-22,35H2,1-2H3,(H,38,39)/t29-/m0/s1. The van der Waals surface area contributed by atoms with Crippen LogP contribution in [0, 0.1) is 19.8 Å². The number of aryl methyl sites for hydroxylation is 2. The first-order valence-electron chi connectivity index (χ1n) is 13.6. The molecular formula is C33H36FN3O4. The van der Waals surface area contributed by atoms with Crippen LogP contribution in [0.2, 0.25) is 0 Å². The van der Waals surface area contributed by atoms with E-state index in [-0.39, 0.29) is 6.42 Å². The van der Waals surface area contributed by atoms with Crippen LogP contribution in [0.15, 0.2) is 85.1 Å². The molecule has 0 spiro atoms. The molecule has 4 rings (SSSR count). The minimum atomic E-state index is -1.07. The van der Waals surface area contributed by atoms with Crippen LogP contribution in [0.5, 0.6) is 11.5 Å². The van der Waals surface area contributed by atoms with Crippen LogP contribution in [0.4, 0.5) is 4.39 Å². The summed E-state index contributed by atoms with van der Waals surface area (Å²) in [5, 5.41) is 9.35. The summed E-state index contributed by atoms with van der Waals surface area (Å²) in [5.41, 5.74) is 11.7. The van der Waals surface area contributed by atoms with Crippen LogP contribution in [0.3, 0.4) is 0 Å². The van der Waals surface area contributed by atoms with Crippen LogP contribution in [-0.4, -0.2) is 33.5 Å². The Bertz CT molecular complexity index is 1460. The summed E-state index contributed by atoms with van der Waals surface area (Å²) in [6, 6.07) is 24.2. The Kier molecular flexibility index (Phi) is 10.4. The molecule has 214 valence electrons. The summed E-state index contributed by atoms with van der Waals surface area (Å²) in [4.78, 5) is 17.3. The predicted molar refractivity (Wildman–Crippen MR) is 156 cm³/mol. The van der Waals surface area contributed by atoms with Crippen molar-refractivity contribution in [1.82, 2.24) is 9.88 Å². The monoisotopic (exact) mass is 557 g/mol. The molecule has 4 aromatic rings. The lowest BCUT2D eigenvalue weighted by atomic mass is 10.1. The van der Waals surface area contributed by atoms with E-state index in [0.717, 1.165) is 33.6 Å². The fraction of sp³-hybridized carbons (Fsp3) is 0.273. The first-order chi connectivity index (χ1) is 19.8. The number of hydrogen-bond acceptors (Lipinski definition) is 6. The van der Waals surface area contributed by atoms with Gasteiger partial charge >= 0.3 is 5.97 Å². The minimum Gasteiger partial charge on any atom is -0.489 e. The zero-order valence-corrected chi connectivity index (χ0v) is 23.4. The van der Waals surface area contributed by atoms with Gasteiger partial charge in [-0.1, -0.05) is 77.9 Å². The van der Waals surface area contributed by atoms with E-state index in [1.54, 1.807) is 0 Å². The number of carbonyl (C=O) groups is 1. The molecular weight excluding hydrogens is 521 g/mol. The van der Waals surface area contributed by atoms with Crippen molar-refractivity contribution >= 4 is 5.97 Å². The Morgan fingerprint density at radius 3 is 2.12 bits per heavy atom. The van der Waals surface area contributed by atoms with Crippen LogP contribution in [-0.2, 0) is 31.1 Å². The number of ether oxygens (including phenoxy) is 2. The van der Waals surface area contributed by atoms with Crippen molar-refractivity contribution in [1.29, 1.82) is 0 Å². The van der Waals surface area contributed by atoms with Crippen molar-refractivity contribution in [3.63, 3.8) is 0 Å². The van der Waals surface area contributed by atoms with Gasteiger partial charge in [0.2, 0.25) is 5.95 Å². The second kappa shape index (κ2) is 14.4. The third-order valence-corrected chi connectivity index (χ3v) is 6.70. The highest BCUT2D eigenvalue weighted by Crippen LogP contribution is 2.26. The third kappa shape index (κ3) is 9.13. The molecule has 0 saturated carbocycles. The molecule has 0 amide bonds. The quantitative estimate of drug-likeness (QED) is 0.189. The molecule has 0 saturated heterocycles. The van der Waals surface area contributed by atoms with Gasteiger partial charge in [0.25, 0.3) is 0 Å². The topological polar surface area (TPSA) is 97.9 Å². The number of carboxylic acids is 1. The lowest BCUT2D eigenvalue weighted by Gasteiger charge is -2.25. The second-order valence-corrected chi connectivity index (χ2v) is 10.2. The normalized spacial score (nSPS) is 11.8. The van der Waals surface area contributed by atoms with Gasteiger partial charge in [0.1, 0.15) is 30.8 Å². The van der Waals surface area contributed by atoms with E-state index in [0.29, 0.717) is 44.2 Å². The summed E-state index contributed by atoms with van der Waals surface area (Å²) in [5.74, 6) is -0.501. The summed E-state index contributed by atoms with van der Waals surface area (Å²) in [7, 11) is 0. The first-order valence-corrected chi connectivity index (χ1v) is 13.6. The summed E-state index contributed by atoms with van der Waals surface area (Å²) in [6.07, 6.45) is 1.61. The summed E-state index contributed by atoms with van der Waals surface area (Å²) >= 11 is 0. The SMILES string of the molecule is Cc1cccc(COc2ccccc2CN(CC[C@H](N)C(=O)O)Cc2cc(F)ncc2OCc2cccc(C)c2)c1. The molecule has 0 unspecified atom stereocenters.